The first-order valence-corrected chi connectivity index (χ1v) is 7.17. The SMILES string of the molecule is CN(C[C@@H]1CCCO1)C(=O)C1Cc2ccccc2C1. The van der Waals surface area contributed by atoms with E-state index in [0.29, 0.717) is 0 Å². The highest BCUT2D eigenvalue weighted by Crippen LogP contribution is 2.27. The monoisotopic (exact) mass is 259 g/mol. The maximum absolute atomic E-state index is 12.5. The Labute approximate surface area is 114 Å². The molecular weight excluding hydrogens is 238 g/mol. The van der Waals surface area contributed by atoms with Crippen LogP contribution in [-0.2, 0) is 22.4 Å². The largest absolute Gasteiger partial charge is 0.376 e. The second-order valence-corrected chi connectivity index (χ2v) is 5.73. The first-order valence-electron chi connectivity index (χ1n) is 7.17. The molecule has 1 aromatic carbocycles. The number of carbonyl (C=O) groups is 1. The fraction of sp³-hybridized carbons (Fsp3) is 0.562. The summed E-state index contributed by atoms with van der Waals surface area (Å²) >= 11 is 0. The number of rotatable bonds is 3. The zero-order chi connectivity index (χ0) is 13.2. The van der Waals surface area contributed by atoms with E-state index in [1.807, 2.05) is 11.9 Å². The zero-order valence-electron chi connectivity index (χ0n) is 11.5. The highest BCUT2D eigenvalue weighted by atomic mass is 16.5. The van der Waals surface area contributed by atoms with Crippen molar-refractivity contribution in [1.82, 2.24) is 4.90 Å². The van der Waals surface area contributed by atoms with Crippen molar-refractivity contribution < 1.29 is 9.53 Å². The molecule has 0 bridgehead atoms. The minimum absolute atomic E-state index is 0.129. The molecule has 3 rings (SSSR count). The Balaban J connectivity index is 1.59. The third-order valence-corrected chi connectivity index (χ3v) is 4.28. The number of ether oxygens (including phenoxy) is 1. The van der Waals surface area contributed by atoms with Gasteiger partial charge in [-0.2, -0.15) is 0 Å². The summed E-state index contributed by atoms with van der Waals surface area (Å²) < 4.78 is 5.60. The van der Waals surface area contributed by atoms with E-state index in [1.165, 1.54) is 11.1 Å². The van der Waals surface area contributed by atoms with Crippen molar-refractivity contribution in [2.24, 2.45) is 5.92 Å². The molecule has 3 nitrogen and oxygen atoms in total. The van der Waals surface area contributed by atoms with Crippen LogP contribution in [0, 0.1) is 5.92 Å². The van der Waals surface area contributed by atoms with Crippen molar-refractivity contribution in [3.05, 3.63) is 35.4 Å². The molecule has 1 saturated heterocycles. The second-order valence-electron chi connectivity index (χ2n) is 5.73. The highest BCUT2D eigenvalue weighted by molar-refractivity contribution is 5.80. The normalized spacial score (nSPS) is 22.5. The van der Waals surface area contributed by atoms with Crippen LogP contribution in [0.5, 0.6) is 0 Å². The van der Waals surface area contributed by atoms with Gasteiger partial charge in [0.1, 0.15) is 0 Å². The number of hydrogen-bond acceptors (Lipinski definition) is 2. The summed E-state index contributed by atoms with van der Waals surface area (Å²) in [5.74, 6) is 0.399. The van der Waals surface area contributed by atoms with E-state index in [-0.39, 0.29) is 17.9 Å². The van der Waals surface area contributed by atoms with Gasteiger partial charge in [0.25, 0.3) is 0 Å². The Morgan fingerprint density at radius 1 is 1.32 bits per heavy atom. The van der Waals surface area contributed by atoms with E-state index < -0.39 is 0 Å². The van der Waals surface area contributed by atoms with E-state index in [2.05, 4.69) is 24.3 Å². The molecule has 1 amide bonds. The molecule has 0 aromatic heterocycles. The van der Waals surface area contributed by atoms with Crippen molar-refractivity contribution in [3.63, 3.8) is 0 Å². The van der Waals surface area contributed by atoms with Gasteiger partial charge < -0.3 is 9.64 Å². The van der Waals surface area contributed by atoms with Crippen LogP contribution in [0.1, 0.15) is 24.0 Å². The summed E-state index contributed by atoms with van der Waals surface area (Å²) in [7, 11) is 1.91. The lowest BCUT2D eigenvalue weighted by atomic mass is 10.0. The van der Waals surface area contributed by atoms with Crippen molar-refractivity contribution in [3.8, 4) is 0 Å². The van der Waals surface area contributed by atoms with Crippen LogP contribution in [0.15, 0.2) is 24.3 Å². The van der Waals surface area contributed by atoms with Gasteiger partial charge in [0.2, 0.25) is 5.91 Å². The summed E-state index contributed by atoms with van der Waals surface area (Å²) in [5.41, 5.74) is 2.68. The lowest BCUT2D eigenvalue weighted by Crippen LogP contribution is -2.38. The number of carbonyl (C=O) groups excluding carboxylic acids is 1. The Kier molecular flexibility index (Phi) is 3.56. The van der Waals surface area contributed by atoms with E-state index in [4.69, 9.17) is 4.74 Å². The number of fused-ring (bicyclic) bond motifs is 1. The molecule has 0 spiro atoms. The minimum Gasteiger partial charge on any atom is -0.376 e. The Bertz CT molecular complexity index is 441. The third-order valence-electron chi connectivity index (χ3n) is 4.28. The molecule has 1 atom stereocenters. The molecular formula is C16H21NO2. The number of benzene rings is 1. The summed E-state index contributed by atoms with van der Waals surface area (Å²) in [6, 6.07) is 8.40. The van der Waals surface area contributed by atoms with Crippen molar-refractivity contribution in [2.75, 3.05) is 20.2 Å². The van der Waals surface area contributed by atoms with Gasteiger partial charge in [-0.3, -0.25) is 4.79 Å². The van der Waals surface area contributed by atoms with Gasteiger partial charge in [-0.15, -0.1) is 0 Å². The molecule has 102 valence electrons. The summed E-state index contributed by atoms with van der Waals surface area (Å²) in [6.45, 7) is 1.59. The van der Waals surface area contributed by atoms with Gasteiger partial charge in [-0.1, -0.05) is 24.3 Å². The van der Waals surface area contributed by atoms with E-state index in [9.17, 15) is 4.79 Å². The topological polar surface area (TPSA) is 29.5 Å². The summed E-state index contributed by atoms with van der Waals surface area (Å²) in [6.07, 6.45) is 4.25. The van der Waals surface area contributed by atoms with Crippen molar-refractivity contribution in [1.29, 1.82) is 0 Å². The van der Waals surface area contributed by atoms with Gasteiger partial charge in [0, 0.05) is 26.1 Å². The number of likely N-dealkylation sites (N-methyl/N-ethyl adjacent to an activating group) is 1. The molecule has 0 unspecified atom stereocenters. The average molecular weight is 259 g/mol. The Morgan fingerprint density at radius 2 is 2.00 bits per heavy atom. The molecule has 1 aromatic rings. The van der Waals surface area contributed by atoms with Crippen molar-refractivity contribution >= 4 is 5.91 Å². The van der Waals surface area contributed by atoms with Gasteiger partial charge in [-0.05, 0) is 36.8 Å². The average Bonchev–Trinajstić information content (AvgIpc) is 3.05. The zero-order valence-corrected chi connectivity index (χ0v) is 11.5. The van der Waals surface area contributed by atoms with Gasteiger partial charge in [0.05, 0.1) is 6.10 Å². The quantitative estimate of drug-likeness (QED) is 0.831. The van der Waals surface area contributed by atoms with Gasteiger partial charge >= 0.3 is 0 Å². The van der Waals surface area contributed by atoms with Crippen LogP contribution in [0.25, 0.3) is 0 Å². The van der Waals surface area contributed by atoms with Crippen LogP contribution in [0.4, 0.5) is 0 Å². The van der Waals surface area contributed by atoms with Crippen LogP contribution >= 0.6 is 0 Å². The first-order chi connectivity index (χ1) is 9.24. The van der Waals surface area contributed by atoms with Crippen LogP contribution < -0.4 is 0 Å². The number of hydrogen-bond donors (Lipinski definition) is 0. The summed E-state index contributed by atoms with van der Waals surface area (Å²) in [4.78, 5) is 14.3. The second kappa shape index (κ2) is 5.33. The standard InChI is InChI=1S/C16H21NO2/c1-17(11-15-7-4-8-19-15)16(18)14-9-12-5-2-3-6-13(12)10-14/h2-3,5-6,14-15H,4,7-11H2,1H3/t15-/m0/s1. The van der Waals surface area contributed by atoms with E-state index >= 15 is 0 Å². The summed E-state index contributed by atoms with van der Waals surface area (Å²) in [5, 5.41) is 0. The molecule has 2 aliphatic rings. The number of nitrogens with zero attached hydrogens (tertiary/aromatic N) is 1. The van der Waals surface area contributed by atoms with Gasteiger partial charge in [-0.25, -0.2) is 0 Å². The predicted molar refractivity (Wildman–Crippen MR) is 74.0 cm³/mol. The Hall–Kier alpha value is -1.35. The van der Waals surface area contributed by atoms with Crippen LogP contribution in [0.2, 0.25) is 0 Å². The van der Waals surface area contributed by atoms with E-state index in [1.54, 1.807) is 0 Å². The lowest BCUT2D eigenvalue weighted by Gasteiger charge is -2.23. The molecule has 3 heteroatoms. The van der Waals surface area contributed by atoms with Crippen LogP contribution in [0.3, 0.4) is 0 Å². The molecule has 0 radical (unpaired) electrons. The van der Waals surface area contributed by atoms with Crippen LogP contribution in [-0.4, -0.2) is 37.1 Å². The van der Waals surface area contributed by atoms with E-state index in [0.717, 1.165) is 38.8 Å². The molecule has 0 N–H and O–H groups in total. The number of amides is 1. The highest BCUT2D eigenvalue weighted by Gasteiger charge is 2.30. The molecule has 1 aliphatic heterocycles. The fourth-order valence-corrected chi connectivity index (χ4v) is 3.23. The fourth-order valence-electron chi connectivity index (χ4n) is 3.23. The lowest BCUT2D eigenvalue weighted by molar-refractivity contribution is -0.135. The van der Waals surface area contributed by atoms with Crippen molar-refractivity contribution in [2.45, 2.75) is 31.8 Å². The first kappa shape index (κ1) is 12.7. The molecule has 1 fully saturated rings. The molecule has 19 heavy (non-hydrogen) atoms. The molecule has 1 aliphatic carbocycles. The maximum atomic E-state index is 12.5. The maximum Gasteiger partial charge on any atom is 0.226 e. The Morgan fingerprint density at radius 3 is 2.58 bits per heavy atom. The third kappa shape index (κ3) is 2.66. The predicted octanol–water partition coefficient (Wildman–Crippen LogP) is 2.04. The van der Waals surface area contributed by atoms with Gasteiger partial charge in [0.15, 0.2) is 0 Å². The smallest absolute Gasteiger partial charge is 0.226 e. The molecule has 0 saturated carbocycles. The molecule has 1 heterocycles. The minimum atomic E-state index is 0.129.